The van der Waals surface area contributed by atoms with Gasteiger partial charge in [-0.2, -0.15) is 4.98 Å². The molecule has 126 valence electrons. The van der Waals surface area contributed by atoms with Crippen molar-refractivity contribution in [3.63, 3.8) is 0 Å². The second kappa shape index (κ2) is 6.47. The lowest BCUT2D eigenvalue weighted by atomic mass is 10.1. The maximum absolute atomic E-state index is 12.5. The number of nitrogens with zero attached hydrogens (tertiary/aromatic N) is 4. The van der Waals surface area contributed by atoms with Crippen LogP contribution in [0.15, 0.2) is 53.3 Å². The van der Waals surface area contributed by atoms with Crippen molar-refractivity contribution in [1.29, 1.82) is 0 Å². The Bertz CT molecular complexity index is 891. The van der Waals surface area contributed by atoms with Gasteiger partial charge in [-0.25, -0.2) is 0 Å². The number of hydrogen-bond acceptors (Lipinski definition) is 5. The monoisotopic (exact) mass is 334 g/mol. The fraction of sp³-hybridized carbons (Fsp3) is 0.263. The molecule has 1 atom stereocenters. The Labute approximate surface area is 145 Å². The Morgan fingerprint density at radius 3 is 2.80 bits per heavy atom. The highest BCUT2D eigenvalue weighted by Gasteiger charge is 2.35. The minimum atomic E-state index is -0.0829. The number of benzene rings is 1. The predicted octanol–water partition coefficient (Wildman–Crippen LogP) is 3.21. The third-order valence-corrected chi connectivity index (χ3v) is 4.52. The van der Waals surface area contributed by atoms with Crippen molar-refractivity contribution in [2.75, 3.05) is 11.4 Å². The number of aromatic nitrogens is 3. The lowest BCUT2D eigenvalue weighted by molar-refractivity contribution is -0.117. The van der Waals surface area contributed by atoms with Crippen molar-refractivity contribution in [2.24, 2.45) is 0 Å². The molecule has 0 N–H and O–H groups in total. The maximum Gasteiger partial charge on any atom is 0.232 e. The molecule has 0 bridgehead atoms. The van der Waals surface area contributed by atoms with E-state index >= 15 is 0 Å². The minimum Gasteiger partial charge on any atom is -0.339 e. The molecule has 25 heavy (non-hydrogen) atoms. The lowest BCUT2D eigenvalue weighted by Crippen LogP contribution is -2.25. The third-order valence-electron chi connectivity index (χ3n) is 4.52. The predicted molar refractivity (Wildman–Crippen MR) is 93.1 cm³/mol. The van der Waals surface area contributed by atoms with Crippen molar-refractivity contribution >= 4 is 11.6 Å². The molecule has 1 amide bonds. The molecule has 6 nitrogen and oxygen atoms in total. The van der Waals surface area contributed by atoms with Crippen LogP contribution in [0.4, 0.5) is 5.69 Å². The van der Waals surface area contributed by atoms with Crippen LogP contribution in [0.2, 0.25) is 0 Å². The molecule has 0 aliphatic carbocycles. The Hall–Kier alpha value is -3.02. The molecule has 2 aromatic heterocycles. The first kappa shape index (κ1) is 15.5. The first-order chi connectivity index (χ1) is 12.3. The van der Waals surface area contributed by atoms with Crippen LogP contribution in [0.25, 0.3) is 11.4 Å². The van der Waals surface area contributed by atoms with Gasteiger partial charge in [0.25, 0.3) is 0 Å². The van der Waals surface area contributed by atoms with E-state index in [0.717, 1.165) is 17.7 Å². The van der Waals surface area contributed by atoms with E-state index in [1.165, 1.54) is 5.56 Å². The number of carbonyl (C=O) groups is 1. The van der Waals surface area contributed by atoms with Crippen molar-refractivity contribution in [3.8, 4) is 11.4 Å². The van der Waals surface area contributed by atoms with Crippen LogP contribution < -0.4 is 4.90 Å². The smallest absolute Gasteiger partial charge is 0.232 e. The largest absolute Gasteiger partial charge is 0.339 e. The SMILES string of the molecule is CCc1ccccc1N1CC(c2nc(-c3ccncc3)no2)CC1=O. The Morgan fingerprint density at radius 2 is 2.00 bits per heavy atom. The zero-order valence-corrected chi connectivity index (χ0v) is 13.9. The second-order valence-electron chi connectivity index (χ2n) is 6.08. The summed E-state index contributed by atoms with van der Waals surface area (Å²) in [4.78, 5) is 22.8. The first-order valence-corrected chi connectivity index (χ1v) is 8.38. The highest BCUT2D eigenvalue weighted by Crippen LogP contribution is 2.33. The summed E-state index contributed by atoms with van der Waals surface area (Å²) in [6.45, 7) is 2.66. The molecule has 0 saturated carbocycles. The van der Waals surface area contributed by atoms with Crippen LogP contribution in [-0.4, -0.2) is 27.6 Å². The summed E-state index contributed by atoms with van der Waals surface area (Å²) in [5, 5.41) is 4.04. The number of carbonyl (C=O) groups excluding carboxylic acids is 1. The van der Waals surface area contributed by atoms with E-state index in [9.17, 15) is 4.79 Å². The Balaban J connectivity index is 1.58. The number of para-hydroxylation sites is 1. The topological polar surface area (TPSA) is 72.1 Å². The van der Waals surface area contributed by atoms with Crippen LogP contribution >= 0.6 is 0 Å². The number of hydrogen-bond donors (Lipinski definition) is 0. The van der Waals surface area contributed by atoms with Gasteiger partial charge in [0.1, 0.15) is 0 Å². The van der Waals surface area contributed by atoms with E-state index in [0.29, 0.717) is 24.7 Å². The molecule has 6 heteroatoms. The van der Waals surface area contributed by atoms with Crippen LogP contribution in [0, 0.1) is 0 Å². The number of rotatable bonds is 4. The quantitative estimate of drug-likeness (QED) is 0.732. The zero-order chi connectivity index (χ0) is 17.2. The Kier molecular flexibility index (Phi) is 4.01. The number of aryl methyl sites for hydroxylation is 1. The van der Waals surface area contributed by atoms with E-state index in [-0.39, 0.29) is 11.8 Å². The van der Waals surface area contributed by atoms with Crippen molar-refractivity contribution in [1.82, 2.24) is 15.1 Å². The second-order valence-corrected chi connectivity index (χ2v) is 6.08. The number of pyridine rings is 1. The number of anilines is 1. The molecule has 1 saturated heterocycles. The molecule has 1 aliphatic heterocycles. The average molecular weight is 334 g/mol. The fourth-order valence-corrected chi connectivity index (χ4v) is 3.20. The molecule has 3 heterocycles. The zero-order valence-electron chi connectivity index (χ0n) is 13.9. The van der Waals surface area contributed by atoms with Crippen LogP contribution in [0.5, 0.6) is 0 Å². The van der Waals surface area contributed by atoms with Crippen molar-refractivity contribution < 1.29 is 9.32 Å². The normalized spacial score (nSPS) is 17.2. The number of amides is 1. The van der Waals surface area contributed by atoms with Gasteiger partial charge in [0.15, 0.2) is 0 Å². The summed E-state index contributed by atoms with van der Waals surface area (Å²) in [6.07, 6.45) is 4.65. The van der Waals surface area contributed by atoms with Gasteiger partial charge in [-0.3, -0.25) is 9.78 Å². The van der Waals surface area contributed by atoms with Gasteiger partial charge in [-0.15, -0.1) is 0 Å². The summed E-state index contributed by atoms with van der Waals surface area (Å²) in [7, 11) is 0. The fourth-order valence-electron chi connectivity index (χ4n) is 3.20. The van der Waals surface area contributed by atoms with Crippen LogP contribution in [0.1, 0.15) is 30.7 Å². The van der Waals surface area contributed by atoms with E-state index in [1.807, 2.05) is 35.2 Å². The molecular weight excluding hydrogens is 316 g/mol. The Morgan fingerprint density at radius 1 is 1.20 bits per heavy atom. The summed E-state index contributed by atoms with van der Waals surface area (Å²) >= 11 is 0. The van der Waals surface area contributed by atoms with E-state index in [4.69, 9.17) is 4.52 Å². The van der Waals surface area contributed by atoms with Gasteiger partial charge in [0, 0.05) is 36.6 Å². The van der Waals surface area contributed by atoms with Crippen molar-refractivity contribution in [3.05, 3.63) is 60.2 Å². The van der Waals surface area contributed by atoms with E-state index in [2.05, 4.69) is 28.1 Å². The highest BCUT2D eigenvalue weighted by molar-refractivity contribution is 5.97. The lowest BCUT2D eigenvalue weighted by Gasteiger charge is -2.19. The molecular formula is C19H18N4O2. The summed E-state index contributed by atoms with van der Waals surface area (Å²) in [5.41, 5.74) is 2.99. The summed E-state index contributed by atoms with van der Waals surface area (Å²) < 4.78 is 5.43. The summed E-state index contributed by atoms with van der Waals surface area (Å²) in [5.74, 6) is 1.05. The molecule has 0 radical (unpaired) electrons. The van der Waals surface area contributed by atoms with E-state index < -0.39 is 0 Å². The van der Waals surface area contributed by atoms with Gasteiger partial charge in [-0.05, 0) is 30.2 Å². The van der Waals surface area contributed by atoms with Crippen LogP contribution in [-0.2, 0) is 11.2 Å². The first-order valence-electron chi connectivity index (χ1n) is 8.38. The molecule has 1 aliphatic rings. The van der Waals surface area contributed by atoms with Gasteiger partial charge in [0.2, 0.25) is 17.6 Å². The van der Waals surface area contributed by atoms with Gasteiger partial charge in [-0.1, -0.05) is 30.3 Å². The molecule has 3 aromatic rings. The maximum atomic E-state index is 12.5. The van der Waals surface area contributed by atoms with E-state index in [1.54, 1.807) is 12.4 Å². The van der Waals surface area contributed by atoms with Gasteiger partial charge >= 0.3 is 0 Å². The minimum absolute atomic E-state index is 0.0829. The molecule has 4 rings (SSSR count). The highest BCUT2D eigenvalue weighted by atomic mass is 16.5. The standard InChI is InChI=1S/C19H18N4O2/c1-2-13-5-3-4-6-16(13)23-12-15(11-17(23)24)19-21-18(22-25-19)14-7-9-20-10-8-14/h3-10,15H,2,11-12H2,1H3. The van der Waals surface area contributed by atoms with Gasteiger partial charge in [0.05, 0.1) is 5.92 Å². The molecule has 0 spiro atoms. The van der Waals surface area contributed by atoms with Gasteiger partial charge < -0.3 is 9.42 Å². The van der Waals surface area contributed by atoms with Crippen molar-refractivity contribution in [2.45, 2.75) is 25.7 Å². The summed E-state index contributed by atoms with van der Waals surface area (Å²) in [6, 6.07) is 11.7. The third kappa shape index (κ3) is 2.91. The molecule has 1 aromatic carbocycles. The average Bonchev–Trinajstić information content (AvgIpc) is 3.29. The van der Waals surface area contributed by atoms with Crippen LogP contribution in [0.3, 0.4) is 0 Å². The molecule has 1 fully saturated rings. The molecule has 1 unspecified atom stereocenters.